The number of rotatable bonds is 6. The van der Waals surface area contributed by atoms with Gasteiger partial charge >= 0.3 is 12.1 Å². The molecule has 0 unspecified atom stereocenters. The highest BCUT2D eigenvalue weighted by Crippen LogP contribution is 2.33. The average Bonchev–Trinajstić information content (AvgIpc) is 3.32. The first-order chi connectivity index (χ1) is 13.7. The number of benzene rings is 1. The normalized spacial score (nSPS) is 14.2. The fourth-order valence-electron chi connectivity index (χ4n) is 2.42. The van der Waals surface area contributed by atoms with Crippen molar-refractivity contribution in [3.05, 3.63) is 36.4 Å². The van der Waals surface area contributed by atoms with Crippen LogP contribution in [0.1, 0.15) is 5.56 Å². The van der Waals surface area contributed by atoms with E-state index in [1.165, 1.54) is 34.0 Å². The minimum Gasteiger partial charge on any atom is -0.454 e. The number of anilines is 1. The molecule has 2 amide bonds. The maximum Gasteiger partial charge on any atom is 0.416 e. The zero-order valence-electron chi connectivity index (χ0n) is 14.7. The zero-order valence-corrected chi connectivity index (χ0v) is 15.5. The fourth-order valence-corrected chi connectivity index (χ4v) is 3.32. The van der Waals surface area contributed by atoms with Crippen molar-refractivity contribution in [2.75, 3.05) is 30.1 Å². The molecule has 0 spiro atoms. The van der Waals surface area contributed by atoms with E-state index >= 15 is 0 Å². The summed E-state index contributed by atoms with van der Waals surface area (Å²) in [6.07, 6.45) is -2.18. The summed E-state index contributed by atoms with van der Waals surface area (Å²) in [5, 5.41) is 6.11. The number of amides is 2. The number of esters is 1. The Bertz CT molecular complexity index is 920. The van der Waals surface area contributed by atoms with Crippen LogP contribution in [0, 0.1) is 0 Å². The molecule has 2 heterocycles. The lowest BCUT2D eigenvalue weighted by Crippen LogP contribution is -2.33. The van der Waals surface area contributed by atoms with Crippen LogP contribution in [0.4, 0.5) is 18.9 Å². The van der Waals surface area contributed by atoms with Crippen LogP contribution in [0.25, 0.3) is 5.69 Å². The van der Waals surface area contributed by atoms with Crippen molar-refractivity contribution in [1.29, 1.82) is 0 Å². The lowest BCUT2D eigenvalue weighted by molar-refractivity contribution is -0.150. The molecule has 9 nitrogen and oxygen atoms in total. The molecule has 0 aliphatic carbocycles. The number of carbonyl (C=O) groups is 3. The van der Waals surface area contributed by atoms with Gasteiger partial charge in [0.15, 0.2) is 6.61 Å². The topological polar surface area (TPSA) is 106 Å². The lowest BCUT2D eigenvalue weighted by atomic mass is 10.1. The van der Waals surface area contributed by atoms with E-state index in [0.29, 0.717) is 5.88 Å². The van der Waals surface area contributed by atoms with Gasteiger partial charge in [-0.2, -0.15) is 18.3 Å². The van der Waals surface area contributed by atoms with Crippen LogP contribution < -0.4 is 5.32 Å². The number of alkyl halides is 3. The van der Waals surface area contributed by atoms with Crippen LogP contribution in [-0.4, -0.2) is 62.2 Å². The Morgan fingerprint density at radius 3 is 2.72 bits per heavy atom. The monoisotopic (exact) mass is 429 g/mol. The van der Waals surface area contributed by atoms with Gasteiger partial charge < -0.3 is 15.0 Å². The van der Waals surface area contributed by atoms with E-state index in [9.17, 15) is 27.6 Å². The number of hydrogen-bond acceptors (Lipinski definition) is 7. The fraction of sp³-hybridized carbons (Fsp3) is 0.312. The summed E-state index contributed by atoms with van der Waals surface area (Å²) in [5.74, 6) is -1.23. The highest BCUT2D eigenvalue weighted by atomic mass is 32.2. The van der Waals surface area contributed by atoms with Crippen molar-refractivity contribution in [1.82, 2.24) is 19.7 Å². The Morgan fingerprint density at radius 1 is 1.31 bits per heavy atom. The second kappa shape index (κ2) is 8.51. The predicted molar refractivity (Wildman–Crippen MR) is 95.0 cm³/mol. The summed E-state index contributed by atoms with van der Waals surface area (Å²) in [5.41, 5.74) is -1.01. The summed E-state index contributed by atoms with van der Waals surface area (Å²) in [6.45, 7) is -1.02. The first-order valence-electron chi connectivity index (χ1n) is 8.11. The molecule has 29 heavy (non-hydrogen) atoms. The predicted octanol–water partition coefficient (Wildman–Crippen LogP) is 1.30. The largest absolute Gasteiger partial charge is 0.454 e. The minimum atomic E-state index is -4.62. The van der Waals surface area contributed by atoms with Gasteiger partial charge in [-0.25, -0.2) is 9.67 Å². The van der Waals surface area contributed by atoms with Crippen LogP contribution >= 0.6 is 11.8 Å². The van der Waals surface area contributed by atoms with E-state index in [1.54, 1.807) is 0 Å². The number of hydrogen-bond donors (Lipinski definition) is 1. The second-order valence-corrected chi connectivity index (χ2v) is 6.80. The van der Waals surface area contributed by atoms with E-state index < -0.39 is 30.2 Å². The van der Waals surface area contributed by atoms with Crippen molar-refractivity contribution < 1.29 is 32.3 Å². The number of thioether (sulfide) groups is 1. The van der Waals surface area contributed by atoms with Crippen LogP contribution in [-0.2, 0) is 25.3 Å². The van der Waals surface area contributed by atoms with Gasteiger partial charge in [-0.05, 0) is 18.2 Å². The van der Waals surface area contributed by atoms with Crippen molar-refractivity contribution in [2.45, 2.75) is 6.18 Å². The van der Waals surface area contributed by atoms with Crippen molar-refractivity contribution in [3.63, 3.8) is 0 Å². The molecule has 1 aliphatic rings. The molecule has 154 valence electrons. The third-order valence-corrected chi connectivity index (χ3v) is 4.72. The van der Waals surface area contributed by atoms with E-state index in [1.807, 2.05) is 0 Å². The number of nitrogens with one attached hydrogen (secondary N) is 1. The van der Waals surface area contributed by atoms with Crippen LogP contribution in [0.3, 0.4) is 0 Å². The van der Waals surface area contributed by atoms with Gasteiger partial charge in [0.1, 0.15) is 19.2 Å². The molecule has 1 fully saturated rings. The second-order valence-electron chi connectivity index (χ2n) is 5.85. The lowest BCUT2D eigenvalue weighted by Gasteiger charge is -2.15. The Labute approximate surface area is 166 Å². The molecule has 0 radical (unpaired) electrons. The van der Waals surface area contributed by atoms with Crippen LogP contribution in [0.15, 0.2) is 30.9 Å². The third kappa shape index (κ3) is 5.25. The summed E-state index contributed by atoms with van der Waals surface area (Å²) in [6, 6.07) is 2.73. The van der Waals surface area contributed by atoms with Gasteiger partial charge in [-0.3, -0.25) is 14.4 Å². The summed E-state index contributed by atoms with van der Waals surface area (Å²) >= 11 is 1.35. The van der Waals surface area contributed by atoms with Crippen LogP contribution in [0.5, 0.6) is 0 Å². The number of nitrogens with zero attached hydrogens (tertiary/aromatic N) is 4. The molecular formula is C16H14F3N5O4S. The molecule has 13 heteroatoms. The number of ether oxygens (including phenoxy) is 1. The van der Waals surface area contributed by atoms with Gasteiger partial charge in [0, 0.05) is 0 Å². The molecule has 0 atom stereocenters. The Hall–Kier alpha value is -3.09. The molecule has 2 aromatic rings. The smallest absolute Gasteiger partial charge is 0.416 e. The van der Waals surface area contributed by atoms with E-state index in [2.05, 4.69) is 15.4 Å². The molecule has 1 aromatic heterocycles. The van der Waals surface area contributed by atoms with Gasteiger partial charge in [0.25, 0.3) is 5.91 Å². The molecule has 0 bridgehead atoms. The Balaban J connectivity index is 1.66. The SMILES string of the molecule is O=C(COC(=O)CN1CSCC1=O)Nc1cc(C(F)(F)F)ccc1-n1cncn1. The maximum atomic E-state index is 13.0. The molecule has 3 rings (SSSR count). The first kappa shape index (κ1) is 20.6. The number of halogens is 3. The molecular weight excluding hydrogens is 415 g/mol. The molecule has 1 saturated heterocycles. The first-order valence-corrected chi connectivity index (χ1v) is 9.27. The Morgan fingerprint density at radius 2 is 2.10 bits per heavy atom. The summed E-state index contributed by atoms with van der Waals surface area (Å²) in [4.78, 5) is 40.3. The van der Waals surface area contributed by atoms with Crippen molar-refractivity contribution in [2.24, 2.45) is 0 Å². The van der Waals surface area contributed by atoms with Gasteiger partial charge in [0.05, 0.1) is 28.6 Å². The maximum absolute atomic E-state index is 13.0. The van der Waals surface area contributed by atoms with Gasteiger partial charge in [-0.1, -0.05) is 0 Å². The zero-order chi connectivity index (χ0) is 21.0. The number of carbonyl (C=O) groups excluding carboxylic acids is 3. The van der Waals surface area contributed by atoms with Gasteiger partial charge in [-0.15, -0.1) is 11.8 Å². The van der Waals surface area contributed by atoms with Crippen LogP contribution in [0.2, 0.25) is 0 Å². The average molecular weight is 429 g/mol. The molecule has 1 N–H and O–H groups in total. The Kier molecular flexibility index (Phi) is 6.06. The highest BCUT2D eigenvalue weighted by molar-refractivity contribution is 8.00. The van der Waals surface area contributed by atoms with E-state index in [-0.39, 0.29) is 29.6 Å². The highest BCUT2D eigenvalue weighted by Gasteiger charge is 2.31. The van der Waals surface area contributed by atoms with Crippen molar-refractivity contribution >= 4 is 35.2 Å². The van der Waals surface area contributed by atoms with E-state index in [4.69, 9.17) is 4.74 Å². The summed E-state index contributed by atoms with van der Waals surface area (Å²) in [7, 11) is 0. The number of aromatic nitrogens is 3. The molecule has 1 aromatic carbocycles. The van der Waals surface area contributed by atoms with E-state index in [0.717, 1.165) is 18.2 Å². The standard InChI is InChI=1S/C16H14F3N5O4S/c17-16(18,19)10-1-2-12(24-8-20-7-21-24)11(3-10)22-13(25)5-28-15(27)4-23-9-29-6-14(23)26/h1-3,7-8H,4-6,9H2,(H,22,25). The quantitative estimate of drug-likeness (QED) is 0.690. The van der Waals surface area contributed by atoms with Gasteiger partial charge in [0.2, 0.25) is 5.91 Å². The summed E-state index contributed by atoms with van der Waals surface area (Å²) < 4.78 is 45.0. The molecule has 0 saturated carbocycles. The van der Waals surface area contributed by atoms with Crippen molar-refractivity contribution in [3.8, 4) is 5.69 Å². The minimum absolute atomic E-state index is 0.148. The molecule has 1 aliphatic heterocycles. The third-order valence-electron chi connectivity index (χ3n) is 3.77.